The van der Waals surface area contributed by atoms with Crippen LogP contribution in [-0.4, -0.2) is 5.11 Å². The summed E-state index contributed by atoms with van der Waals surface area (Å²) in [6.07, 6.45) is 5.91. The molecule has 0 amide bonds. The Balaban J connectivity index is 2.17. The predicted octanol–water partition coefficient (Wildman–Crippen LogP) is 3.86. The first kappa shape index (κ1) is 11.3. The second-order valence-corrected chi connectivity index (χ2v) is 6.55. The van der Waals surface area contributed by atoms with Crippen molar-refractivity contribution in [2.75, 3.05) is 0 Å². The summed E-state index contributed by atoms with van der Waals surface area (Å²) in [6.45, 7) is 4.56. The quantitative estimate of drug-likeness (QED) is 0.776. The number of benzene rings is 1. The Hall–Kier alpha value is -0.820. The van der Waals surface area contributed by atoms with E-state index in [9.17, 15) is 5.11 Å². The molecular weight excluding hydrogens is 208 g/mol. The third-order valence-corrected chi connectivity index (χ3v) is 5.62. The van der Waals surface area contributed by atoms with Gasteiger partial charge in [0.05, 0.1) is 0 Å². The van der Waals surface area contributed by atoms with E-state index in [1.54, 1.807) is 0 Å². The largest absolute Gasteiger partial charge is 0.384 e. The van der Waals surface area contributed by atoms with Gasteiger partial charge in [-0.25, -0.2) is 0 Å². The number of rotatable bonds is 1. The van der Waals surface area contributed by atoms with E-state index in [-0.39, 0.29) is 10.8 Å². The highest BCUT2D eigenvalue weighted by Gasteiger charge is 2.65. The van der Waals surface area contributed by atoms with Crippen LogP contribution in [0.3, 0.4) is 0 Å². The van der Waals surface area contributed by atoms with Crippen molar-refractivity contribution in [2.24, 2.45) is 10.8 Å². The maximum atomic E-state index is 11.5. The molecule has 0 saturated heterocycles. The summed E-state index contributed by atoms with van der Waals surface area (Å²) >= 11 is 0. The molecule has 0 aliphatic heterocycles. The molecule has 2 atom stereocenters. The molecule has 0 heterocycles. The summed E-state index contributed by atoms with van der Waals surface area (Å²) in [5, 5.41) is 11.5. The van der Waals surface area contributed by atoms with E-state index >= 15 is 0 Å². The van der Waals surface area contributed by atoms with Crippen molar-refractivity contribution in [1.82, 2.24) is 0 Å². The number of fused-ring (bicyclic) bond motifs is 2. The van der Waals surface area contributed by atoms with Crippen LogP contribution in [0.25, 0.3) is 0 Å². The highest BCUT2D eigenvalue weighted by atomic mass is 16.3. The number of hydrogen-bond donors (Lipinski definition) is 1. The minimum absolute atomic E-state index is 0.0708. The lowest BCUT2D eigenvalue weighted by atomic mass is 9.56. The van der Waals surface area contributed by atoms with Crippen LogP contribution >= 0.6 is 0 Å². The average Bonchev–Trinajstić information content (AvgIpc) is 2.47. The molecule has 1 N–H and O–H groups in total. The molecule has 2 unspecified atom stereocenters. The maximum absolute atomic E-state index is 11.5. The van der Waals surface area contributed by atoms with E-state index < -0.39 is 5.60 Å². The number of hydrogen-bond acceptors (Lipinski definition) is 1. The van der Waals surface area contributed by atoms with Gasteiger partial charge < -0.3 is 5.11 Å². The molecule has 92 valence electrons. The van der Waals surface area contributed by atoms with Gasteiger partial charge in [0, 0.05) is 10.8 Å². The minimum Gasteiger partial charge on any atom is -0.384 e. The van der Waals surface area contributed by atoms with E-state index in [0.29, 0.717) is 0 Å². The fourth-order valence-electron chi connectivity index (χ4n) is 4.50. The summed E-state index contributed by atoms with van der Waals surface area (Å²) < 4.78 is 0. The zero-order chi connectivity index (χ0) is 12.1. The lowest BCUT2D eigenvalue weighted by Crippen LogP contribution is -2.51. The fourth-order valence-corrected chi connectivity index (χ4v) is 4.50. The van der Waals surface area contributed by atoms with Gasteiger partial charge in [-0.05, 0) is 31.2 Å². The Morgan fingerprint density at radius 1 is 0.882 bits per heavy atom. The van der Waals surface area contributed by atoms with Gasteiger partial charge in [-0.1, -0.05) is 50.6 Å². The van der Waals surface area contributed by atoms with Crippen molar-refractivity contribution in [3.8, 4) is 0 Å². The van der Waals surface area contributed by atoms with Gasteiger partial charge in [0.1, 0.15) is 5.60 Å². The molecule has 17 heavy (non-hydrogen) atoms. The average molecular weight is 230 g/mol. The van der Waals surface area contributed by atoms with Crippen molar-refractivity contribution in [3.63, 3.8) is 0 Å². The van der Waals surface area contributed by atoms with Crippen molar-refractivity contribution < 1.29 is 5.11 Å². The molecule has 2 bridgehead atoms. The van der Waals surface area contributed by atoms with Gasteiger partial charge in [-0.15, -0.1) is 0 Å². The minimum atomic E-state index is -0.625. The first-order valence-electron chi connectivity index (χ1n) is 6.80. The van der Waals surface area contributed by atoms with E-state index in [1.165, 1.54) is 6.42 Å². The van der Waals surface area contributed by atoms with E-state index in [0.717, 1.165) is 31.2 Å². The topological polar surface area (TPSA) is 20.2 Å². The summed E-state index contributed by atoms with van der Waals surface area (Å²) in [7, 11) is 0. The van der Waals surface area contributed by atoms with Gasteiger partial charge in [0.2, 0.25) is 0 Å². The summed E-state index contributed by atoms with van der Waals surface area (Å²) in [6, 6.07) is 10.3. The maximum Gasteiger partial charge on any atom is 0.100 e. The SMILES string of the molecule is CC12CCCC(C)(CC1)C2(O)c1ccccc1. The second kappa shape index (κ2) is 3.35. The van der Waals surface area contributed by atoms with Gasteiger partial charge in [0.15, 0.2) is 0 Å². The molecule has 1 nitrogen and oxygen atoms in total. The Labute approximate surface area is 104 Å². The van der Waals surface area contributed by atoms with Crippen molar-refractivity contribution >= 4 is 0 Å². The molecule has 1 aromatic rings. The second-order valence-electron chi connectivity index (χ2n) is 6.55. The van der Waals surface area contributed by atoms with E-state index in [1.807, 2.05) is 18.2 Å². The standard InChI is InChI=1S/C16H22O/c1-14-9-6-10-15(2,12-11-14)16(14,17)13-7-4-3-5-8-13/h3-5,7-8,17H,6,9-12H2,1-2H3. The lowest BCUT2D eigenvalue weighted by Gasteiger charge is -2.52. The normalized spacial score (nSPS) is 44.9. The molecule has 1 heteroatoms. The first-order valence-corrected chi connectivity index (χ1v) is 6.80. The molecule has 2 saturated carbocycles. The Morgan fingerprint density at radius 2 is 1.41 bits per heavy atom. The third kappa shape index (κ3) is 1.24. The number of aliphatic hydroxyl groups is 1. The summed E-state index contributed by atoms with van der Waals surface area (Å²) in [4.78, 5) is 0. The lowest BCUT2D eigenvalue weighted by molar-refractivity contribution is -0.157. The van der Waals surface area contributed by atoms with Crippen molar-refractivity contribution in [1.29, 1.82) is 0 Å². The van der Waals surface area contributed by atoms with Crippen LogP contribution in [0.15, 0.2) is 30.3 Å². The summed E-state index contributed by atoms with van der Waals surface area (Å²) in [5.74, 6) is 0. The highest BCUT2D eigenvalue weighted by molar-refractivity contribution is 5.31. The molecule has 0 radical (unpaired) electrons. The Bertz CT molecular complexity index is 406. The van der Waals surface area contributed by atoms with Crippen molar-refractivity contribution in [2.45, 2.75) is 51.6 Å². The van der Waals surface area contributed by atoms with Gasteiger partial charge >= 0.3 is 0 Å². The monoisotopic (exact) mass is 230 g/mol. The third-order valence-electron chi connectivity index (χ3n) is 5.62. The van der Waals surface area contributed by atoms with Crippen LogP contribution < -0.4 is 0 Å². The van der Waals surface area contributed by atoms with Crippen molar-refractivity contribution in [3.05, 3.63) is 35.9 Å². The molecule has 0 aromatic heterocycles. The first-order chi connectivity index (χ1) is 8.02. The van der Waals surface area contributed by atoms with Crippen LogP contribution in [-0.2, 0) is 5.60 Å². The van der Waals surface area contributed by atoms with Crippen LogP contribution in [0.1, 0.15) is 51.5 Å². The zero-order valence-electron chi connectivity index (χ0n) is 10.9. The van der Waals surface area contributed by atoms with Crippen LogP contribution in [0, 0.1) is 10.8 Å². The van der Waals surface area contributed by atoms with Gasteiger partial charge in [0.25, 0.3) is 0 Å². The van der Waals surface area contributed by atoms with E-state index in [4.69, 9.17) is 0 Å². The zero-order valence-corrected chi connectivity index (χ0v) is 10.9. The van der Waals surface area contributed by atoms with E-state index in [2.05, 4.69) is 26.0 Å². The highest BCUT2D eigenvalue weighted by Crippen LogP contribution is 2.68. The molecular formula is C16H22O. The Kier molecular flexibility index (Phi) is 2.22. The van der Waals surface area contributed by atoms with Gasteiger partial charge in [-0.2, -0.15) is 0 Å². The van der Waals surface area contributed by atoms with Gasteiger partial charge in [-0.3, -0.25) is 0 Å². The summed E-state index contributed by atoms with van der Waals surface area (Å²) in [5.41, 5.74) is 0.643. The Morgan fingerprint density at radius 3 is 1.94 bits per heavy atom. The smallest absolute Gasteiger partial charge is 0.100 e. The fraction of sp³-hybridized carbons (Fsp3) is 0.625. The molecule has 2 aliphatic carbocycles. The molecule has 2 aliphatic rings. The molecule has 1 aromatic carbocycles. The molecule has 3 rings (SSSR count). The molecule has 2 fully saturated rings. The van der Waals surface area contributed by atoms with Crippen LogP contribution in [0.2, 0.25) is 0 Å². The predicted molar refractivity (Wildman–Crippen MR) is 69.6 cm³/mol. The van der Waals surface area contributed by atoms with Crippen LogP contribution in [0.4, 0.5) is 0 Å². The molecule has 0 spiro atoms. The van der Waals surface area contributed by atoms with Crippen LogP contribution in [0.5, 0.6) is 0 Å².